The minimum absolute atomic E-state index is 0.0419. The average Bonchev–Trinajstić information content (AvgIpc) is 3.16. The number of ether oxygens (including phenoxy) is 1. The lowest BCUT2D eigenvalue weighted by Crippen LogP contribution is -2.21. The standard InChI is InChI=1S/C22H17FN4O2/c1-29-17-8-4-13(5-9-17)15-10-19-18(20(28)11-15)12-27-22(24-19)25-21(26-27)14-2-6-16(23)7-3-14/h2-9,12,15H,10-11H2,1H3. The van der Waals surface area contributed by atoms with Crippen molar-refractivity contribution in [3.8, 4) is 17.1 Å². The van der Waals surface area contributed by atoms with Crippen LogP contribution >= 0.6 is 0 Å². The molecular formula is C22H17FN4O2. The Hall–Kier alpha value is -3.61. The van der Waals surface area contributed by atoms with Crippen LogP contribution in [0, 0.1) is 5.82 Å². The third-order valence-electron chi connectivity index (χ3n) is 5.27. The van der Waals surface area contributed by atoms with E-state index in [2.05, 4.69) is 15.1 Å². The molecule has 0 N–H and O–H groups in total. The van der Waals surface area contributed by atoms with Gasteiger partial charge in [-0.15, -0.1) is 5.10 Å². The quantitative estimate of drug-likeness (QED) is 0.533. The first-order chi connectivity index (χ1) is 14.1. The van der Waals surface area contributed by atoms with Gasteiger partial charge in [-0.1, -0.05) is 12.1 Å². The fraction of sp³-hybridized carbons (Fsp3) is 0.182. The largest absolute Gasteiger partial charge is 0.497 e. The zero-order valence-corrected chi connectivity index (χ0v) is 15.7. The fourth-order valence-electron chi connectivity index (χ4n) is 3.72. The monoisotopic (exact) mass is 388 g/mol. The summed E-state index contributed by atoms with van der Waals surface area (Å²) in [7, 11) is 1.63. The SMILES string of the molecule is COc1ccc(C2CC(=O)c3cn4nc(-c5ccc(F)cc5)nc4nc3C2)cc1. The van der Waals surface area contributed by atoms with Crippen molar-refractivity contribution in [2.45, 2.75) is 18.8 Å². The first kappa shape index (κ1) is 17.5. The molecule has 1 atom stereocenters. The van der Waals surface area contributed by atoms with E-state index in [1.807, 2.05) is 24.3 Å². The summed E-state index contributed by atoms with van der Waals surface area (Å²) >= 11 is 0. The van der Waals surface area contributed by atoms with Crippen LogP contribution in [0.3, 0.4) is 0 Å². The van der Waals surface area contributed by atoms with Gasteiger partial charge in [0.1, 0.15) is 11.6 Å². The zero-order chi connectivity index (χ0) is 20.0. The molecule has 0 bridgehead atoms. The van der Waals surface area contributed by atoms with Crippen molar-refractivity contribution in [1.82, 2.24) is 19.6 Å². The highest BCUT2D eigenvalue weighted by Crippen LogP contribution is 2.33. The molecule has 0 spiro atoms. The van der Waals surface area contributed by atoms with Crippen LogP contribution in [-0.2, 0) is 6.42 Å². The van der Waals surface area contributed by atoms with Crippen molar-refractivity contribution in [2.75, 3.05) is 7.11 Å². The highest BCUT2D eigenvalue weighted by atomic mass is 19.1. The number of aromatic nitrogens is 4. The normalized spacial score (nSPS) is 16.1. The third kappa shape index (κ3) is 3.14. The van der Waals surface area contributed by atoms with Gasteiger partial charge in [0.15, 0.2) is 11.6 Å². The number of hydrogen-bond donors (Lipinski definition) is 0. The number of nitrogens with zero attached hydrogens (tertiary/aromatic N) is 4. The smallest absolute Gasteiger partial charge is 0.252 e. The topological polar surface area (TPSA) is 69.4 Å². The summed E-state index contributed by atoms with van der Waals surface area (Å²) in [5.74, 6) is 1.44. The van der Waals surface area contributed by atoms with Crippen LogP contribution < -0.4 is 4.74 Å². The van der Waals surface area contributed by atoms with Gasteiger partial charge in [-0.25, -0.2) is 13.9 Å². The van der Waals surface area contributed by atoms with Gasteiger partial charge in [0.05, 0.1) is 18.4 Å². The van der Waals surface area contributed by atoms with Gasteiger partial charge in [-0.05, 0) is 54.3 Å². The molecule has 0 saturated heterocycles. The van der Waals surface area contributed by atoms with Gasteiger partial charge in [0.25, 0.3) is 5.78 Å². The lowest BCUT2D eigenvalue weighted by atomic mass is 9.82. The second-order valence-electron chi connectivity index (χ2n) is 7.09. The van der Waals surface area contributed by atoms with Crippen molar-refractivity contribution < 1.29 is 13.9 Å². The summed E-state index contributed by atoms with van der Waals surface area (Å²) < 4.78 is 19.9. The van der Waals surface area contributed by atoms with Crippen LogP contribution in [0.4, 0.5) is 4.39 Å². The molecule has 29 heavy (non-hydrogen) atoms. The van der Waals surface area contributed by atoms with Crippen molar-refractivity contribution in [3.05, 3.63) is 77.4 Å². The molecule has 1 aliphatic rings. The Morgan fingerprint density at radius 1 is 1.03 bits per heavy atom. The van der Waals surface area contributed by atoms with Gasteiger partial charge < -0.3 is 4.74 Å². The number of carbonyl (C=O) groups is 1. The molecule has 4 aromatic rings. The van der Waals surface area contributed by atoms with E-state index in [-0.39, 0.29) is 17.5 Å². The van der Waals surface area contributed by atoms with E-state index in [1.165, 1.54) is 16.6 Å². The third-order valence-corrected chi connectivity index (χ3v) is 5.27. The van der Waals surface area contributed by atoms with E-state index in [1.54, 1.807) is 25.4 Å². The number of halogens is 1. The second kappa shape index (κ2) is 6.77. The minimum atomic E-state index is -0.318. The van der Waals surface area contributed by atoms with Gasteiger partial charge in [-0.2, -0.15) is 4.98 Å². The molecule has 144 valence electrons. The fourth-order valence-corrected chi connectivity index (χ4v) is 3.72. The molecule has 0 fully saturated rings. The molecule has 1 aliphatic carbocycles. The molecule has 5 rings (SSSR count). The van der Waals surface area contributed by atoms with Crippen molar-refractivity contribution in [1.29, 1.82) is 0 Å². The van der Waals surface area contributed by atoms with E-state index in [4.69, 9.17) is 4.74 Å². The molecule has 2 heterocycles. The number of rotatable bonds is 3. The predicted octanol–water partition coefficient (Wildman–Crippen LogP) is 3.85. The van der Waals surface area contributed by atoms with Gasteiger partial charge in [0.2, 0.25) is 0 Å². The second-order valence-corrected chi connectivity index (χ2v) is 7.09. The number of fused-ring (bicyclic) bond motifs is 2. The molecule has 0 aliphatic heterocycles. The Labute approximate surface area is 166 Å². The lowest BCUT2D eigenvalue weighted by Gasteiger charge is -2.23. The van der Waals surface area contributed by atoms with Gasteiger partial charge in [-0.3, -0.25) is 4.79 Å². The molecule has 1 unspecified atom stereocenters. The Balaban J connectivity index is 1.51. The maximum Gasteiger partial charge on any atom is 0.252 e. The summed E-state index contributed by atoms with van der Waals surface area (Å²) in [4.78, 5) is 21.8. The first-order valence-corrected chi connectivity index (χ1v) is 9.30. The van der Waals surface area contributed by atoms with E-state index >= 15 is 0 Å². The zero-order valence-electron chi connectivity index (χ0n) is 15.7. The number of benzene rings is 2. The Morgan fingerprint density at radius 2 is 1.79 bits per heavy atom. The number of carbonyl (C=O) groups excluding carboxylic acids is 1. The molecule has 0 radical (unpaired) electrons. The number of methoxy groups -OCH3 is 1. The molecule has 6 nitrogen and oxygen atoms in total. The average molecular weight is 388 g/mol. The maximum atomic E-state index is 13.2. The van der Waals surface area contributed by atoms with E-state index in [0.717, 1.165) is 17.0 Å². The van der Waals surface area contributed by atoms with Crippen molar-refractivity contribution in [3.63, 3.8) is 0 Å². The maximum absolute atomic E-state index is 13.2. The molecule has 2 aromatic heterocycles. The summed E-state index contributed by atoms with van der Waals surface area (Å²) in [5, 5.41) is 4.41. The molecule has 7 heteroatoms. The molecular weight excluding hydrogens is 371 g/mol. The first-order valence-electron chi connectivity index (χ1n) is 9.30. The highest BCUT2D eigenvalue weighted by molar-refractivity contribution is 5.98. The van der Waals surface area contributed by atoms with Crippen LogP contribution in [0.5, 0.6) is 5.75 Å². The van der Waals surface area contributed by atoms with E-state index in [0.29, 0.717) is 35.6 Å². The van der Waals surface area contributed by atoms with E-state index < -0.39 is 0 Å². The van der Waals surface area contributed by atoms with Crippen LogP contribution in [-0.4, -0.2) is 32.5 Å². The Morgan fingerprint density at radius 3 is 2.52 bits per heavy atom. The molecule has 2 aromatic carbocycles. The predicted molar refractivity (Wildman–Crippen MR) is 105 cm³/mol. The van der Waals surface area contributed by atoms with Crippen molar-refractivity contribution in [2.24, 2.45) is 0 Å². The highest BCUT2D eigenvalue weighted by Gasteiger charge is 2.28. The summed E-state index contributed by atoms with van der Waals surface area (Å²) in [6.07, 6.45) is 2.78. The molecule has 0 saturated carbocycles. The molecule has 0 amide bonds. The Kier molecular flexibility index (Phi) is 4.08. The van der Waals surface area contributed by atoms with Gasteiger partial charge in [0, 0.05) is 18.2 Å². The summed E-state index contributed by atoms with van der Waals surface area (Å²) in [6.45, 7) is 0. The van der Waals surface area contributed by atoms with Crippen LogP contribution in [0.25, 0.3) is 17.2 Å². The van der Waals surface area contributed by atoms with Gasteiger partial charge >= 0.3 is 0 Å². The van der Waals surface area contributed by atoms with Crippen LogP contribution in [0.2, 0.25) is 0 Å². The van der Waals surface area contributed by atoms with E-state index in [9.17, 15) is 9.18 Å². The van der Waals surface area contributed by atoms with Crippen LogP contribution in [0.1, 0.15) is 34.0 Å². The Bertz CT molecular complexity index is 1220. The van der Waals surface area contributed by atoms with Crippen LogP contribution in [0.15, 0.2) is 54.7 Å². The lowest BCUT2D eigenvalue weighted by molar-refractivity contribution is 0.0962. The van der Waals surface area contributed by atoms with Crippen molar-refractivity contribution >= 4 is 11.6 Å². The number of hydrogen-bond acceptors (Lipinski definition) is 5. The number of Topliss-reactive ketones (excluding diaryl/α,β-unsaturated/α-hetero) is 1. The summed E-state index contributed by atoms with van der Waals surface area (Å²) in [5.41, 5.74) is 3.09. The minimum Gasteiger partial charge on any atom is -0.497 e. The summed E-state index contributed by atoms with van der Waals surface area (Å²) in [6, 6.07) is 13.8. The number of ketones is 1.